The van der Waals surface area contributed by atoms with Gasteiger partial charge in [0.2, 0.25) is 0 Å². The molecular formula is C27H20N2O3. The number of nitriles is 1. The molecule has 156 valence electrons. The average molecular weight is 420 g/mol. The summed E-state index contributed by atoms with van der Waals surface area (Å²) in [6, 6.07) is 29.5. The van der Waals surface area contributed by atoms with E-state index in [0.29, 0.717) is 23.6 Å². The number of carbonyl (C=O) groups excluding carboxylic acids is 1. The summed E-state index contributed by atoms with van der Waals surface area (Å²) in [7, 11) is 0. The van der Waals surface area contributed by atoms with Crippen LogP contribution in [0.2, 0.25) is 0 Å². The number of fused-ring (bicyclic) bond motifs is 1. The van der Waals surface area contributed by atoms with E-state index in [4.69, 9.17) is 4.74 Å². The highest BCUT2D eigenvalue weighted by Gasteiger charge is 2.10. The zero-order chi connectivity index (χ0) is 22.3. The maximum Gasteiger partial charge on any atom is 0.266 e. The zero-order valence-corrected chi connectivity index (χ0v) is 17.2. The molecule has 0 radical (unpaired) electrons. The Balaban J connectivity index is 1.48. The molecule has 0 unspecified atom stereocenters. The highest BCUT2D eigenvalue weighted by molar-refractivity contribution is 6.09. The van der Waals surface area contributed by atoms with E-state index in [1.807, 2.05) is 42.5 Å². The largest absolute Gasteiger partial charge is 0.508 e. The van der Waals surface area contributed by atoms with Crippen LogP contribution in [0, 0.1) is 11.3 Å². The van der Waals surface area contributed by atoms with E-state index in [1.54, 1.807) is 24.3 Å². The van der Waals surface area contributed by atoms with Gasteiger partial charge in [-0.05, 0) is 64.4 Å². The minimum absolute atomic E-state index is 0.0377. The number of ether oxygens (including phenoxy) is 1. The first-order chi connectivity index (χ1) is 15.6. The Bertz CT molecular complexity index is 1330. The van der Waals surface area contributed by atoms with Crippen molar-refractivity contribution in [3.63, 3.8) is 0 Å². The fourth-order valence-electron chi connectivity index (χ4n) is 3.33. The summed E-state index contributed by atoms with van der Waals surface area (Å²) in [6.45, 7) is 0.404. The molecule has 0 saturated carbocycles. The van der Waals surface area contributed by atoms with Crippen LogP contribution in [0.25, 0.3) is 16.8 Å². The molecule has 0 spiro atoms. The molecule has 4 aromatic rings. The number of anilines is 1. The molecule has 0 bridgehead atoms. The Morgan fingerprint density at radius 1 is 0.969 bits per heavy atom. The van der Waals surface area contributed by atoms with Gasteiger partial charge < -0.3 is 15.2 Å². The zero-order valence-electron chi connectivity index (χ0n) is 17.2. The van der Waals surface area contributed by atoms with Crippen molar-refractivity contribution in [2.45, 2.75) is 6.61 Å². The third kappa shape index (κ3) is 4.94. The maximum atomic E-state index is 12.5. The number of hydrogen-bond donors (Lipinski definition) is 2. The Morgan fingerprint density at radius 2 is 1.72 bits per heavy atom. The summed E-state index contributed by atoms with van der Waals surface area (Å²) < 4.78 is 5.99. The lowest BCUT2D eigenvalue weighted by Crippen LogP contribution is -2.13. The standard InChI is InChI=1S/C27H20N2O3/c28-17-22(27(31)29-23-11-13-24(30)14-12-23)15-19-5-3-9-25(16-19)32-18-21-8-4-7-20-6-1-2-10-26(20)21/h1-16,30H,18H2,(H,29,31). The van der Waals surface area contributed by atoms with Crippen LogP contribution in [0.4, 0.5) is 5.69 Å². The first-order valence-electron chi connectivity index (χ1n) is 10.0. The van der Waals surface area contributed by atoms with Crippen LogP contribution in [0.15, 0.2) is 96.6 Å². The predicted octanol–water partition coefficient (Wildman–Crippen LogP) is 5.67. The molecule has 2 N–H and O–H groups in total. The molecule has 32 heavy (non-hydrogen) atoms. The Morgan fingerprint density at radius 3 is 2.53 bits per heavy atom. The van der Waals surface area contributed by atoms with Gasteiger partial charge in [0.25, 0.3) is 5.91 Å². The number of nitrogens with one attached hydrogen (secondary N) is 1. The van der Waals surface area contributed by atoms with Crippen molar-refractivity contribution in [3.8, 4) is 17.6 Å². The van der Waals surface area contributed by atoms with E-state index < -0.39 is 5.91 Å². The molecule has 1 amide bonds. The molecule has 0 aliphatic rings. The van der Waals surface area contributed by atoms with Crippen molar-refractivity contribution >= 4 is 28.4 Å². The fraction of sp³-hybridized carbons (Fsp3) is 0.0370. The van der Waals surface area contributed by atoms with Gasteiger partial charge in [-0.2, -0.15) is 5.26 Å². The van der Waals surface area contributed by atoms with Crippen molar-refractivity contribution in [3.05, 3.63) is 108 Å². The van der Waals surface area contributed by atoms with Crippen LogP contribution in [0.3, 0.4) is 0 Å². The number of hydrogen-bond acceptors (Lipinski definition) is 4. The van der Waals surface area contributed by atoms with Gasteiger partial charge in [0.1, 0.15) is 29.7 Å². The molecule has 0 aliphatic carbocycles. The fourth-order valence-corrected chi connectivity index (χ4v) is 3.33. The number of benzene rings is 4. The molecule has 4 rings (SSSR count). The molecule has 0 atom stereocenters. The van der Waals surface area contributed by atoms with Gasteiger partial charge in [-0.1, -0.05) is 54.6 Å². The Kier molecular flexibility index (Phi) is 6.15. The number of amides is 1. The first kappa shape index (κ1) is 20.7. The van der Waals surface area contributed by atoms with E-state index in [1.165, 1.54) is 18.2 Å². The van der Waals surface area contributed by atoms with Crippen LogP contribution in [0.5, 0.6) is 11.5 Å². The second kappa shape index (κ2) is 9.50. The molecule has 0 fully saturated rings. The van der Waals surface area contributed by atoms with Crippen LogP contribution in [-0.4, -0.2) is 11.0 Å². The second-order valence-corrected chi connectivity index (χ2v) is 7.17. The van der Waals surface area contributed by atoms with Gasteiger partial charge in [-0.3, -0.25) is 4.79 Å². The van der Waals surface area contributed by atoms with E-state index in [9.17, 15) is 15.2 Å². The molecular weight excluding hydrogens is 400 g/mol. The van der Waals surface area contributed by atoms with Crippen molar-refractivity contribution < 1.29 is 14.6 Å². The second-order valence-electron chi connectivity index (χ2n) is 7.17. The number of phenols is 1. The van der Waals surface area contributed by atoms with Gasteiger partial charge in [-0.15, -0.1) is 0 Å². The third-order valence-electron chi connectivity index (χ3n) is 4.93. The molecule has 4 aromatic carbocycles. The number of nitrogens with zero attached hydrogens (tertiary/aromatic N) is 1. The molecule has 0 aliphatic heterocycles. The Hall–Kier alpha value is -4.56. The third-order valence-corrected chi connectivity index (χ3v) is 4.93. The summed E-state index contributed by atoms with van der Waals surface area (Å²) >= 11 is 0. The number of aromatic hydroxyl groups is 1. The average Bonchev–Trinajstić information content (AvgIpc) is 2.83. The quantitative estimate of drug-likeness (QED) is 0.239. The first-order valence-corrected chi connectivity index (χ1v) is 10.0. The minimum Gasteiger partial charge on any atom is -0.508 e. The van der Waals surface area contributed by atoms with E-state index in [2.05, 4.69) is 23.5 Å². The van der Waals surface area contributed by atoms with Crippen LogP contribution in [0.1, 0.15) is 11.1 Å². The molecule has 0 heterocycles. The van der Waals surface area contributed by atoms with Crippen LogP contribution in [-0.2, 0) is 11.4 Å². The van der Waals surface area contributed by atoms with Gasteiger partial charge in [0.15, 0.2) is 0 Å². The van der Waals surface area contributed by atoms with Crippen LogP contribution < -0.4 is 10.1 Å². The molecule has 5 heteroatoms. The van der Waals surface area contributed by atoms with Gasteiger partial charge in [-0.25, -0.2) is 0 Å². The summed E-state index contributed by atoms with van der Waals surface area (Å²) in [5.41, 5.74) is 2.21. The van der Waals surface area contributed by atoms with E-state index in [0.717, 1.165) is 16.3 Å². The van der Waals surface area contributed by atoms with Gasteiger partial charge in [0.05, 0.1) is 0 Å². The van der Waals surface area contributed by atoms with Gasteiger partial charge >= 0.3 is 0 Å². The van der Waals surface area contributed by atoms with Crippen molar-refractivity contribution in [2.75, 3.05) is 5.32 Å². The maximum absolute atomic E-state index is 12.5. The lowest BCUT2D eigenvalue weighted by molar-refractivity contribution is -0.112. The minimum atomic E-state index is -0.528. The smallest absolute Gasteiger partial charge is 0.266 e. The Labute approximate surface area is 185 Å². The van der Waals surface area contributed by atoms with Crippen molar-refractivity contribution in [1.82, 2.24) is 0 Å². The predicted molar refractivity (Wildman–Crippen MR) is 125 cm³/mol. The summed E-state index contributed by atoms with van der Waals surface area (Å²) in [4.78, 5) is 12.5. The summed E-state index contributed by atoms with van der Waals surface area (Å²) in [5.74, 6) is 0.211. The SMILES string of the molecule is N#CC(=Cc1cccc(OCc2cccc3ccccc23)c1)C(=O)Nc1ccc(O)cc1. The number of rotatable bonds is 6. The van der Waals surface area contributed by atoms with Crippen molar-refractivity contribution in [2.24, 2.45) is 0 Å². The normalized spacial score (nSPS) is 11.0. The van der Waals surface area contributed by atoms with Crippen LogP contribution >= 0.6 is 0 Å². The number of carbonyl (C=O) groups is 1. The lowest BCUT2D eigenvalue weighted by atomic mass is 10.1. The van der Waals surface area contributed by atoms with E-state index in [-0.39, 0.29) is 11.3 Å². The lowest BCUT2D eigenvalue weighted by Gasteiger charge is -2.10. The monoisotopic (exact) mass is 420 g/mol. The van der Waals surface area contributed by atoms with Gasteiger partial charge in [0, 0.05) is 5.69 Å². The molecule has 0 saturated heterocycles. The summed E-state index contributed by atoms with van der Waals surface area (Å²) in [5, 5.41) is 23.7. The number of phenolic OH excluding ortho intramolecular Hbond substituents is 1. The molecule has 0 aromatic heterocycles. The highest BCUT2D eigenvalue weighted by atomic mass is 16.5. The highest BCUT2D eigenvalue weighted by Crippen LogP contribution is 2.22. The van der Waals surface area contributed by atoms with Crippen molar-refractivity contribution in [1.29, 1.82) is 5.26 Å². The summed E-state index contributed by atoms with van der Waals surface area (Å²) in [6.07, 6.45) is 1.51. The topological polar surface area (TPSA) is 82.3 Å². The molecule has 5 nitrogen and oxygen atoms in total. The van der Waals surface area contributed by atoms with E-state index >= 15 is 0 Å².